The monoisotopic (exact) mass is 289 g/mol. The summed E-state index contributed by atoms with van der Waals surface area (Å²) >= 11 is 0. The molecule has 0 bridgehead atoms. The number of rotatable bonds is 3. The molecule has 1 unspecified atom stereocenters. The average molecular weight is 289 g/mol. The van der Waals surface area contributed by atoms with Gasteiger partial charge in [0.05, 0.1) is 0 Å². The largest absolute Gasteiger partial charge is 0.329 e. The van der Waals surface area contributed by atoms with Crippen molar-refractivity contribution in [3.05, 3.63) is 34.9 Å². The molecule has 0 spiro atoms. The van der Waals surface area contributed by atoms with E-state index in [0.717, 1.165) is 26.2 Å². The topological polar surface area (TPSA) is 32.5 Å². The molecule has 1 heterocycles. The highest BCUT2D eigenvalue weighted by Crippen LogP contribution is 2.26. The number of benzene rings is 1. The van der Waals surface area contributed by atoms with Crippen LogP contribution in [0.4, 0.5) is 0 Å². The van der Waals surface area contributed by atoms with E-state index in [9.17, 15) is 0 Å². The van der Waals surface area contributed by atoms with Crippen LogP contribution in [-0.2, 0) is 0 Å². The molecule has 3 heteroatoms. The molecule has 1 saturated heterocycles. The minimum atomic E-state index is 0.268. The fraction of sp³-hybridized carbons (Fsp3) is 0.667. The van der Waals surface area contributed by atoms with Crippen LogP contribution >= 0.6 is 0 Å². The molecule has 3 nitrogen and oxygen atoms in total. The number of piperazine rings is 1. The number of hydrogen-bond donors (Lipinski definition) is 1. The Morgan fingerprint density at radius 2 is 1.71 bits per heavy atom. The highest BCUT2D eigenvalue weighted by atomic mass is 15.3. The lowest BCUT2D eigenvalue weighted by Crippen LogP contribution is -2.54. The van der Waals surface area contributed by atoms with E-state index < -0.39 is 0 Å². The van der Waals surface area contributed by atoms with Crippen molar-refractivity contribution in [2.75, 3.05) is 32.7 Å². The first-order chi connectivity index (χ1) is 9.82. The van der Waals surface area contributed by atoms with Crippen molar-refractivity contribution in [3.8, 4) is 0 Å². The number of hydrogen-bond acceptors (Lipinski definition) is 3. The summed E-state index contributed by atoms with van der Waals surface area (Å²) in [5.41, 5.74) is 10.5. The van der Waals surface area contributed by atoms with Crippen molar-refractivity contribution < 1.29 is 0 Å². The minimum absolute atomic E-state index is 0.268. The van der Waals surface area contributed by atoms with Crippen molar-refractivity contribution in [2.45, 2.75) is 46.2 Å². The molecule has 1 fully saturated rings. The Hall–Kier alpha value is -0.900. The van der Waals surface area contributed by atoms with Crippen molar-refractivity contribution in [2.24, 2.45) is 5.73 Å². The van der Waals surface area contributed by atoms with Gasteiger partial charge >= 0.3 is 0 Å². The number of aryl methyl sites for hydroxylation is 2. The summed E-state index contributed by atoms with van der Waals surface area (Å²) in [6.07, 6.45) is 0. The lowest BCUT2D eigenvalue weighted by atomic mass is 9.97. The van der Waals surface area contributed by atoms with Crippen LogP contribution in [0.2, 0.25) is 0 Å². The van der Waals surface area contributed by atoms with Gasteiger partial charge in [0.1, 0.15) is 0 Å². The fourth-order valence-electron chi connectivity index (χ4n) is 3.38. The molecule has 0 amide bonds. The third kappa shape index (κ3) is 3.85. The summed E-state index contributed by atoms with van der Waals surface area (Å²) in [5, 5.41) is 0. The van der Waals surface area contributed by atoms with Gasteiger partial charge in [0.2, 0.25) is 0 Å². The SMILES string of the molecule is Cc1ccc(C(CN)N2CCN(C(C)(C)C)CC2)c(C)c1. The van der Waals surface area contributed by atoms with E-state index in [-0.39, 0.29) is 5.54 Å². The first kappa shape index (κ1) is 16.5. The number of nitrogens with zero attached hydrogens (tertiary/aromatic N) is 2. The summed E-state index contributed by atoms with van der Waals surface area (Å²) in [5.74, 6) is 0. The van der Waals surface area contributed by atoms with Crippen molar-refractivity contribution in [3.63, 3.8) is 0 Å². The molecule has 21 heavy (non-hydrogen) atoms. The Balaban J connectivity index is 2.09. The summed E-state index contributed by atoms with van der Waals surface area (Å²) in [6.45, 7) is 16.4. The van der Waals surface area contributed by atoms with Gasteiger partial charge in [0, 0.05) is 44.3 Å². The Bertz CT molecular complexity index is 468. The second kappa shape index (κ2) is 6.47. The van der Waals surface area contributed by atoms with Crippen LogP contribution in [0.5, 0.6) is 0 Å². The van der Waals surface area contributed by atoms with Crippen LogP contribution in [0, 0.1) is 13.8 Å². The molecule has 1 aromatic rings. The Kier molecular flexibility index (Phi) is 5.07. The predicted molar refractivity (Wildman–Crippen MR) is 90.6 cm³/mol. The van der Waals surface area contributed by atoms with Crippen molar-refractivity contribution in [1.82, 2.24) is 9.80 Å². The highest BCUT2D eigenvalue weighted by molar-refractivity contribution is 5.33. The minimum Gasteiger partial charge on any atom is -0.329 e. The maximum atomic E-state index is 6.11. The number of nitrogens with two attached hydrogens (primary N) is 1. The van der Waals surface area contributed by atoms with Gasteiger partial charge in [-0.25, -0.2) is 0 Å². The summed E-state index contributed by atoms with van der Waals surface area (Å²) in [6, 6.07) is 7.09. The third-order valence-electron chi connectivity index (χ3n) is 4.71. The molecule has 2 N–H and O–H groups in total. The van der Waals surface area contributed by atoms with Gasteiger partial charge in [-0.15, -0.1) is 0 Å². The summed E-state index contributed by atoms with van der Waals surface area (Å²) < 4.78 is 0. The van der Waals surface area contributed by atoms with Crippen LogP contribution in [0.3, 0.4) is 0 Å². The van der Waals surface area contributed by atoms with Crippen LogP contribution in [0.25, 0.3) is 0 Å². The van der Waals surface area contributed by atoms with E-state index in [1.807, 2.05) is 0 Å². The second-order valence-electron chi connectivity index (χ2n) is 7.31. The van der Waals surface area contributed by atoms with E-state index in [1.54, 1.807) is 0 Å². The summed E-state index contributed by atoms with van der Waals surface area (Å²) in [7, 11) is 0. The third-order valence-corrected chi connectivity index (χ3v) is 4.71. The summed E-state index contributed by atoms with van der Waals surface area (Å²) in [4.78, 5) is 5.12. The smallest absolute Gasteiger partial charge is 0.0474 e. The standard InChI is InChI=1S/C18H31N3/c1-14-6-7-16(15(2)12-14)17(13-19)20-8-10-21(11-9-20)18(3,4)5/h6-7,12,17H,8-11,13,19H2,1-5H3. The molecule has 1 aromatic carbocycles. The Morgan fingerprint density at radius 1 is 1.10 bits per heavy atom. The van der Waals surface area contributed by atoms with E-state index in [0.29, 0.717) is 12.6 Å². The lowest BCUT2D eigenvalue weighted by Gasteiger charge is -2.44. The molecule has 118 valence electrons. The zero-order valence-electron chi connectivity index (χ0n) is 14.3. The molecule has 0 aromatic heterocycles. The average Bonchev–Trinajstić information content (AvgIpc) is 2.41. The maximum absolute atomic E-state index is 6.11. The van der Waals surface area contributed by atoms with E-state index in [4.69, 9.17) is 5.73 Å². The van der Waals surface area contributed by atoms with Gasteiger partial charge in [0.25, 0.3) is 0 Å². The first-order valence-corrected chi connectivity index (χ1v) is 8.09. The van der Waals surface area contributed by atoms with Gasteiger partial charge in [-0.05, 0) is 45.7 Å². The van der Waals surface area contributed by atoms with Crippen molar-refractivity contribution >= 4 is 0 Å². The van der Waals surface area contributed by atoms with Gasteiger partial charge in [-0.1, -0.05) is 23.8 Å². The van der Waals surface area contributed by atoms with E-state index in [2.05, 4.69) is 62.6 Å². The molecule has 0 aliphatic carbocycles. The van der Waals surface area contributed by atoms with Gasteiger partial charge in [0.15, 0.2) is 0 Å². The molecule has 1 aliphatic heterocycles. The molecule has 0 radical (unpaired) electrons. The normalized spacial score (nSPS) is 19.7. The second-order valence-corrected chi connectivity index (χ2v) is 7.31. The first-order valence-electron chi connectivity index (χ1n) is 8.09. The van der Waals surface area contributed by atoms with Gasteiger partial charge in [-0.2, -0.15) is 0 Å². The molecular weight excluding hydrogens is 258 g/mol. The molecule has 1 aliphatic rings. The van der Waals surface area contributed by atoms with E-state index >= 15 is 0 Å². The Labute approximate surface area is 130 Å². The lowest BCUT2D eigenvalue weighted by molar-refractivity contribution is 0.0432. The van der Waals surface area contributed by atoms with Crippen molar-refractivity contribution in [1.29, 1.82) is 0 Å². The zero-order valence-corrected chi connectivity index (χ0v) is 14.3. The predicted octanol–water partition coefficient (Wildman–Crippen LogP) is 2.72. The van der Waals surface area contributed by atoms with Crippen LogP contribution < -0.4 is 5.73 Å². The van der Waals surface area contributed by atoms with Crippen LogP contribution in [0.1, 0.15) is 43.5 Å². The van der Waals surface area contributed by atoms with Crippen LogP contribution in [0.15, 0.2) is 18.2 Å². The highest BCUT2D eigenvalue weighted by Gasteiger charge is 2.29. The fourth-order valence-corrected chi connectivity index (χ4v) is 3.38. The quantitative estimate of drug-likeness (QED) is 0.928. The van der Waals surface area contributed by atoms with Gasteiger partial charge < -0.3 is 5.73 Å². The van der Waals surface area contributed by atoms with Gasteiger partial charge in [-0.3, -0.25) is 9.80 Å². The maximum Gasteiger partial charge on any atom is 0.0474 e. The van der Waals surface area contributed by atoms with E-state index in [1.165, 1.54) is 16.7 Å². The molecule has 0 saturated carbocycles. The Morgan fingerprint density at radius 3 is 2.19 bits per heavy atom. The zero-order chi connectivity index (χ0) is 15.6. The molecule has 1 atom stereocenters. The molecular formula is C18H31N3. The van der Waals surface area contributed by atoms with Crippen LogP contribution in [-0.4, -0.2) is 48.1 Å². The molecule has 2 rings (SSSR count).